The Morgan fingerprint density at radius 3 is 1.88 bits per heavy atom. The monoisotopic (exact) mass is 228 g/mol. The average molecular weight is 228 g/mol. The van der Waals surface area contributed by atoms with Crippen molar-refractivity contribution in [2.24, 2.45) is 0 Å². The minimum atomic E-state index is -0.358. The van der Waals surface area contributed by atoms with E-state index >= 15 is 0 Å². The molecule has 0 fully saturated rings. The number of nitrogens with zero attached hydrogens (tertiary/aromatic N) is 2. The molecular weight excluding hydrogens is 215 g/mol. The van der Waals surface area contributed by atoms with Crippen LogP contribution in [0, 0.1) is 0 Å². The SMILES string of the molecule is CC(C)p1c2ncccc2c2cccnc21. The molecule has 0 amide bonds. The zero-order valence-electron chi connectivity index (χ0n) is 9.38. The Kier molecular flexibility index (Phi) is 2.19. The zero-order chi connectivity index (χ0) is 11.1. The molecule has 3 heterocycles. The molecule has 3 heteroatoms. The lowest BCUT2D eigenvalue weighted by Gasteiger charge is -2.04. The Bertz CT molecular complexity index is 602. The summed E-state index contributed by atoms with van der Waals surface area (Å²) in [6.45, 7) is 4.52. The molecule has 3 rings (SSSR count). The Morgan fingerprint density at radius 2 is 1.44 bits per heavy atom. The summed E-state index contributed by atoms with van der Waals surface area (Å²) >= 11 is 0. The van der Waals surface area contributed by atoms with E-state index < -0.39 is 0 Å². The van der Waals surface area contributed by atoms with Gasteiger partial charge in [0.2, 0.25) is 0 Å². The molecule has 0 atom stereocenters. The van der Waals surface area contributed by atoms with Crippen molar-refractivity contribution in [2.45, 2.75) is 19.5 Å². The van der Waals surface area contributed by atoms with Crippen molar-refractivity contribution in [1.82, 2.24) is 9.97 Å². The fraction of sp³-hybridized carbons (Fsp3) is 0.231. The maximum Gasteiger partial charge on any atom is 0.0918 e. The predicted octanol–water partition coefficient (Wildman–Crippen LogP) is 4.35. The molecule has 2 nitrogen and oxygen atoms in total. The van der Waals surface area contributed by atoms with Crippen molar-refractivity contribution in [2.75, 3.05) is 0 Å². The van der Waals surface area contributed by atoms with Gasteiger partial charge in [0.05, 0.1) is 10.5 Å². The first kappa shape index (κ1) is 9.80. The van der Waals surface area contributed by atoms with Gasteiger partial charge in [-0.2, -0.15) is 0 Å². The van der Waals surface area contributed by atoms with Gasteiger partial charge in [-0.1, -0.05) is 33.5 Å². The molecule has 0 saturated heterocycles. The highest BCUT2D eigenvalue weighted by Crippen LogP contribution is 2.52. The van der Waals surface area contributed by atoms with Crippen LogP contribution in [-0.2, 0) is 0 Å². The molecule has 0 N–H and O–H groups in total. The van der Waals surface area contributed by atoms with Gasteiger partial charge in [0.15, 0.2) is 0 Å². The van der Waals surface area contributed by atoms with E-state index in [2.05, 4.69) is 35.9 Å². The molecule has 3 aromatic rings. The van der Waals surface area contributed by atoms with Crippen molar-refractivity contribution in [3.05, 3.63) is 36.7 Å². The van der Waals surface area contributed by atoms with Gasteiger partial charge in [-0.25, -0.2) is 0 Å². The highest BCUT2D eigenvalue weighted by molar-refractivity contribution is 7.61. The number of hydrogen-bond acceptors (Lipinski definition) is 2. The Hall–Kier alpha value is -1.40. The van der Waals surface area contributed by atoms with Crippen LogP contribution in [0.25, 0.3) is 21.3 Å². The van der Waals surface area contributed by atoms with Gasteiger partial charge >= 0.3 is 0 Å². The third kappa shape index (κ3) is 1.27. The van der Waals surface area contributed by atoms with E-state index in [1.165, 1.54) is 21.3 Å². The van der Waals surface area contributed by atoms with E-state index in [0.29, 0.717) is 5.66 Å². The second-order valence-electron chi connectivity index (χ2n) is 4.21. The smallest absolute Gasteiger partial charge is 0.0918 e. The molecule has 0 saturated carbocycles. The van der Waals surface area contributed by atoms with Crippen molar-refractivity contribution in [1.29, 1.82) is 0 Å². The molecule has 0 aliphatic carbocycles. The van der Waals surface area contributed by atoms with Crippen molar-refractivity contribution >= 4 is 28.8 Å². The molecule has 0 unspecified atom stereocenters. The van der Waals surface area contributed by atoms with E-state index in [9.17, 15) is 0 Å². The molecular formula is C13H13N2P. The van der Waals surface area contributed by atoms with E-state index in [4.69, 9.17) is 0 Å². The second-order valence-corrected chi connectivity index (χ2v) is 6.83. The third-order valence-electron chi connectivity index (χ3n) is 2.84. The zero-order valence-corrected chi connectivity index (χ0v) is 10.3. The van der Waals surface area contributed by atoms with Crippen LogP contribution in [0.5, 0.6) is 0 Å². The van der Waals surface area contributed by atoms with Gasteiger partial charge in [0, 0.05) is 23.2 Å². The van der Waals surface area contributed by atoms with Crippen LogP contribution >= 0.6 is 7.53 Å². The lowest BCUT2D eigenvalue weighted by atomic mass is 10.2. The van der Waals surface area contributed by atoms with E-state index in [0.717, 1.165) is 0 Å². The summed E-state index contributed by atoms with van der Waals surface area (Å²) in [5.74, 6) is 0. The molecule has 80 valence electrons. The first-order valence-electron chi connectivity index (χ1n) is 5.48. The normalized spacial score (nSPS) is 11.7. The summed E-state index contributed by atoms with van der Waals surface area (Å²) in [5.41, 5.74) is 0.597. The predicted molar refractivity (Wildman–Crippen MR) is 70.1 cm³/mol. The van der Waals surface area contributed by atoms with Crippen LogP contribution in [-0.4, -0.2) is 9.97 Å². The summed E-state index contributed by atoms with van der Waals surface area (Å²) in [5, 5.41) is 5.07. The largest absolute Gasteiger partial charge is 0.252 e. The number of hydrogen-bond donors (Lipinski definition) is 0. The van der Waals surface area contributed by atoms with Crippen molar-refractivity contribution in [3.63, 3.8) is 0 Å². The van der Waals surface area contributed by atoms with E-state index in [1.54, 1.807) is 0 Å². The van der Waals surface area contributed by atoms with Crippen molar-refractivity contribution in [3.8, 4) is 0 Å². The fourth-order valence-electron chi connectivity index (χ4n) is 2.19. The first-order valence-corrected chi connectivity index (χ1v) is 6.90. The van der Waals surface area contributed by atoms with Gasteiger partial charge in [0.1, 0.15) is 0 Å². The molecule has 16 heavy (non-hydrogen) atoms. The Balaban J connectivity index is 2.59. The lowest BCUT2D eigenvalue weighted by Crippen LogP contribution is -1.74. The van der Waals surface area contributed by atoms with E-state index in [-0.39, 0.29) is 7.53 Å². The average Bonchev–Trinajstić information content (AvgIpc) is 2.63. The summed E-state index contributed by atoms with van der Waals surface area (Å²) in [6.07, 6.45) is 3.78. The minimum absolute atomic E-state index is 0.358. The van der Waals surface area contributed by atoms with E-state index in [1.807, 2.05) is 24.5 Å². The van der Waals surface area contributed by atoms with Gasteiger partial charge < -0.3 is 0 Å². The van der Waals surface area contributed by atoms with Crippen molar-refractivity contribution < 1.29 is 0 Å². The minimum Gasteiger partial charge on any atom is -0.252 e. The van der Waals surface area contributed by atoms with Gasteiger partial charge in [-0.15, -0.1) is 0 Å². The standard InChI is InChI=1S/C13H13N2P/c1-9(2)16-12-10(5-3-7-14-12)11-6-4-8-15-13(11)16/h3-9H,1-2H3. The lowest BCUT2D eigenvalue weighted by molar-refractivity contribution is 1.03. The maximum absolute atomic E-state index is 4.57. The number of fused-ring (bicyclic) bond motifs is 3. The molecule has 0 aliphatic rings. The van der Waals surface area contributed by atoms with Crippen LogP contribution in [0.1, 0.15) is 19.5 Å². The fourth-order valence-corrected chi connectivity index (χ4v) is 4.66. The van der Waals surface area contributed by atoms with Crippen LogP contribution in [0.3, 0.4) is 0 Å². The quantitative estimate of drug-likeness (QED) is 0.618. The van der Waals surface area contributed by atoms with Gasteiger partial charge in [0.25, 0.3) is 0 Å². The molecule has 0 radical (unpaired) electrons. The van der Waals surface area contributed by atoms with Crippen LogP contribution in [0.4, 0.5) is 0 Å². The Labute approximate surface area is 95.4 Å². The first-order chi connectivity index (χ1) is 7.79. The molecule has 0 spiro atoms. The summed E-state index contributed by atoms with van der Waals surface area (Å²) in [6, 6.07) is 8.34. The molecule has 3 aromatic heterocycles. The second kappa shape index (κ2) is 3.57. The highest BCUT2D eigenvalue weighted by atomic mass is 31.1. The summed E-state index contributed by atoms with van der Waals surface area (Å²) in [7, 11) is -0.358. The number of pyridine rings is 2. The van der Waals surface area contributed by atoms with Gasteiger partial charge in [-0.05, 0) is 17.8 Å². The maximum atomic E-state index is 4.57. The van der Waals surface area contributed by atoms with Crippen LogP contribution < -0.4 is 0 Å². The van der Waals surface area contributed by atoms with Crippen LogP contribution in [0.2, 0.25) is 0 Å². The molecule has 0 aliphatic heterocycles. The topological polar surface area (TPSA) is 25.8 Å². The third-order valence-corrected chi connectivity index (χ3v) is 5.49. The van der Waals surface area contributed by atoms with Crippen LogP contribution in [0.15, 0.2) is 36.7 Å². The number of rotatable bonds is 1. The number of aromatic nitrogens is 2. The highest BCUT2D eigenvalue weighted by Gasteiger charge is 2.15. The summed E-state index contributed by atoms with van der Waals surface area (Å²) < 4.78 is 0. The summed E-state index contributed by atoms with van der Waals surface area (Å²) in [4.78, 5) is 9.13. The van der Waals surface area contributed by atoms with Gasteiger partial charge in [-0.3, -0.25) is 9.97 Å². The molecule has 0 aromatic carbocycles. The molecule has 0 bridgehead atoms. The Morgan fingerprint density at radius 1 is 0.938 bits per heavy atom.